The van der Waals surface area contributed by atoms with Gasteiger partial charge in [0.15, 0.2) is 0 Å². The summed E-state index contributed by atoms with van der Waals surface area (Å²) in [4.78, 5) is 12.3. The smallest absolute Gasteiger partial charge is 0.258 e. The molecule has 3 aromatic rings. The van der Waals surface area contributed by atoms with Gasteiger partial charge in [0, 0.05) is 12.2 Å². The van der Waals surface area contributed by atoms with E-state index in [2.05, 4.69) is 10.0 Å². The first kappa shape index (κ1) is 21.5. The summed E-state index contributed by atoms with van der Waals surface area (Å²) in [5.74, 6) is -0.934. The maximum Gasteiger partial charge on any atom is 0.258 e. The zero-order valence-electron chi connectivity index (χ0n) is 16.3. The monoisotopic (exact) mass is 428 g/mol. The predicted molar refractivity (Wildman–Crippen MR) is 112 cm³/mol. The van der Waals surface area contributed by atoms with Crippen LogP contribution >= 0.6 is 0 Å². The number of hydrogen-bond acceptors (Lipinski definition) is 4. The highest BCUT2D eigenvalue weighted by molar-refractivity contribution is 7.89. The lowest BCUT2D eigenvalue weighted by Gasteiger charge is -2.10. The second kappa shape index (κ2) is 9.51. The zero-order valence-corrected chi connectivity index (χ0v) is 17.1. The summed E-state index contributed by atoms with van der Waals surface area (Å²) in [5, 5.41) is 2.56. The molecule has 0 radical (unpaired) electrons. The Kier molecular flexibility index (Phi) is 6.81. The predicted octanol–water partition coefficient (Wildman–Crippen LogP) is 3.96. The molecule has 0 atom stereocenters. The van der Waals surface area contributed by atoms with Crippen LogP contribution in [0.3, 0.4) is 0 Å². The first-order valence-corrected chi connectivity index (χ1v) is 10.7. The molecule has 0 saturated heterocycles. The van der Waals surface area contributed by atoms with Gasteiger partial charge in [0.2, 0.25) is 10.0 Å². The number of amides is 1. The lowest BCUT2D eigenvalue weighted by Crippen LogP contribution is -2.24. The summed E-state index contributed by atoms with van der Waals surface area (Å²) >= 11 is 0. The van der Waals surface area contributed by atoms with E-state index in [1.807, 2.05) is 13.0 Å². The number of benzene rings is 3. The summed E-state index contributed by atoms with van der Waals surface area (Å²) in [6, 6.07) is 18.7. The summed E-state index contributed by atoms with van der Waals surface area (Å²) < 4.78 is 47.2. The van der Waals surface area contributed by atoms with Crippen molar-refractivity contribution < 1.29 is 22.3 Å². The second-order valence-electron chi connectivity index (χ2n) is 6.36. The molecule has 30 heavy (non-hydrogen) atoms. The average molecular weight is 428 g/mol. The van der Waals surface area contributed by atoms with Crippen LogP contribution in [0.5, 0.6) is 5.75 Å². The molecule has 1 amide bonds. The van der Waals surface area contributed by atoms with E-state index >= 15 is 0 Å². The van der Waals surface area contributed by atoms with Crippen LogP contribution in [0.4, 0.5) is 10.1 Å². The molecular formula is C22H21FN2O4S. The third-order valence-electron chi connectivity index (χ3n) is 4.23. The van der Waals surface area contributed by atoms with Gasteiger partial charge in [-0.05, 0) is 55.0 Å². The molecule has 3 aromatic carbocycles. The van der Waals surface area contributed by atoms with Gasteiger partial charge in [-0.3, -0.25) is 4.79 Å². The Labute approximate surface area is 174 Å². The number of nitrogens with one attached hydrogen (secondary N) is 2. The lowest BCUT2D eigenvalue weighted by atomic mass is 10.2. The Morgan fingerprint density at radius 3 is 2.37 bits per heavy atom. The molecule has 0 saturated carbocycles. The fourth-order valence-corrected chi connectivity index (χ4v) is 3.75. The first-order chi connectivity index (χ1) is 14.4. The maximum atomic E-state index is 14.2. The van der Waals surface area contributed by atoms with Crippen LogP contribution in [-0.4, -0.2) is 20.9 Å². The van der Waals surface area contributed by atoms with Crippen LogP contribution in [-0.2, 0) is 16.6 Å². The van der Waals surface area contributed by atoms with Gasteiger partial charge in [0.25, 0.3) is 5.91 Å². The topological polar surface area (TPSA) is 84.5 Å². The summed E-state index contributed by atoms with van der Waals surface area (Å²) in [5.41, 5.74) is 0.835. The largest absolute Gasteiger partial charge is 0.494 e. The van der Waals surface area contributed by atoms with Crippen LogP contribution in [0.2, 0.25) is 0 Å². The fraction of sp³-hybridized carbons (Fsp3) is 0.136. The highest BCUT2D eigenvalue weighted by Gasteiger charge is 2.19. The van der Waals surface area contributed by atoms with Crippen molar-refractivity contribution in [2.75, 3.05) is 11.9 Å². The number of halogens is 1. The van der Waals surface area contributed by atoms with Gasteiger partial charge in [-0.25, -0.2) is 17.5 Å². The number of sulfonamides is 1. The molecule has 6 nitrogen and oxygen atoms in total. The van der Waals surface area contributed by atoms with Crippen LogP contribution in [0.15, 0.2) is 77.7 Å². The number of rotatable bonds is 8. The Balaban J connectivity index is 1.75. The Bertz CT molecular complexity index is 1120. The van der Waals surface area contributed by atoms with Gasteiger partial charge in [-0.2, -0.15) is 0 Å². The molecule has 0 heterocycles. The normalized spacial score (nSPS) is 11.1. The van der Waals surface area contributed by atoms with E-state index in [1.54, 1.807) is 48.5 Å². The van der Waals surface area contributed by atoms with Crippen LogP contribution in [0.1, 0.15) is 22.8 Å². The highest BCUT2D eigenvalue weighted by atomic mass is 32.2. The van der Waals surface area contributed by atoms with Gasteiger partial charge >= 0.3 is 0 Å². The molecule has 0 unspecified atom stereocenters. The quantitative estimate of drug-likeness (QED) is 0.569. The van der Waals surface area contributed by atoms with E-state index in [1.165, 1.54) is 0 Å². The van der Waals surface area contributed by atoms with Crippen molar-refractivity contribution in [2.24, 2.45) is 0 Å². The number of carbonyl (C=O) groups is 1. The number of carbonyl (C=O) groups excluding carboxylic acids is 1. The standard InChI is InChI=1S/C22H21FN2O4S/c1-2-29-18-10-8-17(9-11-18)25-22(26)20-14-19(12-13-21(20)23)30(27,28)24-15-16-6-4-3-5-7-16/h3-14,24H,2,15H2,1H3,(H,25,26). The van der Waals surface area contributed by atoms with E-state index in [4.69, 9.17) is 4.74 Å². The summed E-state index contributed by atoms with van der Waals surface area (Å²) in [6.45, 7) is 2.44. The molecule has 3 rings (SSSR count). The van der Waals surface area contributed by atoms with Crippen molar-refractivity contribution in [1.82, 2.24) is 4.72 Å². The molecule has 0 aliphatic carbocycles. The number of ether oxygens (including phenoxy) is 1. The van der Waals surface area contributed by atoms with Crippen molar-refractivity contribution in [1.29, 1.82) is 0 Å². The molecule has 8 heteroatoms. The SMILES string of the molecule is CCOc1ccc(NC(=O)c2cc(S(=O)(=O)NCc3ccccc3)ccc2F)cc1. The van der Waals surface area contributed by atoms with E-state index < -0.39 is 21.7 Å². The maximum absolute atomic E-state index is 14.2. The number of anilines is 1. The van der Waals surface area contributed by atoms with E-state index in [0.717, 1.165) is 23.8 Å². The molecule has 0 fully saturated rings. The van der Waals surface area contributed by atoms with Crippen LogP contribution < -0.4 is 14.8 Å². The van der Waals surface area contributed by atoms with Crippen molar-refractivity contribution >= 4 is 21.6 Å². The van der Waals surface area contributed by atoms with Crippen LogP contribution in [0.25, 0.3) is 0 Å². The fourth-order valence-electron chi connectivity index (χ4n) is 2.70. The van der Waals surface area contributed by atoms with Crippen molar-refractivity contribution in [3.63, 3.8) is 0 Å². The van der Waals surface area contributed by atoms with E-state index in [-0.39, 0.29) is 17.0 Å². The van der Waals surface area contributed by atoms with Gasteiger partial charge in [-0.15, -0.1) is 0 Å². The first-order valence-electron chi connectivity index (χ1n) is 9.26. The van der Waals surface area contributed by atoms with Crippen molar-refractivity contribution in [2.45, 2.75) is 18.4 Å². The van der Waals surface area contributed by atoms with E-state index in [0.29, 0.717) is 18.0 Å². The Hall–Kier alpha value is -3.23. The van der Waals surface area contributed by atoms with Crippen molar-refractivity contribution in [3.05, 3.63) is 89.7 Å². The highest BCUT2D eigenvalue weighted by Crippen LogP contribution is 2.19. The Morgan fingerprint density at radius 1 is 1.00 bits per heavy atom. The van der Waals surface area contributed by atoms with Gasteiger partial charge in [0.1, 0.15) is 11.6 Å². The minimum absolute atomic E-state index is 0.0776. The molecule has 0 spiro atoms. The molecule has 156 valence electrons. The van der Waals surface area contributed by atoms with Gasteiger partial charge < -0.3 is 10.1 Å². The van der Waals surface area contributed by atoms with Gasteiger partial charge in [-0.1, -0.05) is 30.3 Å². The van der Waals surface area contributed by atoms with Crippen LogP contribution in [0, 0.1) is 5.82 Å². The third kappa shape index (κ3) is 5.43. The average Bonchev–Trinajstić information content (AvgIpc) is 2.75. The van der Waals surface area contributed by atoms with Crippen molar-refractivity contribution in [3.8, 4) is 5.75 Å². The summed E-state index contributed by atoms with van der Waals surface area (Å²) in [6.07, 6.45) is 0. The Morgan fingerprint density at radius 2 is 1.70 bits per heavy atom. The molecule has 0 aliphatic heterocycles. The third-order valence-corrected chi connectivity index (χ3v) is 5.62. The molecular weight excluding hydrogens is 407 g/mol. The zero-order chi connectivity index (χ0) is 21.6. The summed E-state index contributed by atoms with van der Waals surface area (Å²) in [7, 11) is -3.93. The minimum atomic E-state index is -3.93. The molecule has 0 aliphatic rings. The number of hydrogen-bond donors (Lipinski definition) is 2. The minimum Gasteiger partial charge on any atom is -0.494 e. The lowest BCUT2D eigenvalue weighted by molar-refractivity contribution is 0.102. The molecule has 0 aromatic heterocycles. The van der Waals surface area contributed by atoms with Gasteiger partial charge in [0.05, 0.1) is 17.1 Å². The second-order valence-corrected chi connectivity index (χ2v) is 8.13. The molecule has 2 N–H and O–H groups in total. The molecule has 0 bridgehead atoms. The van der Waals surface area contributed by atoms with E-state index in [9.17, 15) is 17.6 Å².